The number of aryl methyl sites for hydroxylation is 1. The second-order valence-electron chi connectivity index (χ2n) is 7.62. The number of nitrogens with zero attached hydrogens (tertiary/aromatic N) is 1. The van der Waals surface area contributed by atoms with Crippen LogP contribution in [0.5, 0.6) is 5.75 Å². The molecule has 5 heteroatoms. The number of ether oxygens (including phenoxy) is 1. The lowest BCUT2D eigenvalue weighted by molar-refractivity contribution is -0.123. The fourth-order valence-corrected chi connectivity index (χ4v) is 4.24. The molecule has 1 saturated heterocycles. The topological polar surface area (TPSA) is 46.6 Å². The monoisotopic (exact) mass is 417 g/mol. The smallest absolute Gasteiger partial charge is 0.293 e. The molecule has 30 heavy (non-hydrogen) atoms. The SMILES string of the molecule is Cc1ccc(CN2C(=O)S/C(=C\c3c(OC(C)C)ccc4ccccc34)C2=O)cc1. The van der Waals surface area contributed by atoms with Crippen LogP contribution in [0.4, 0.5) is 4.79 Å². The Labute approximate surface area is 180 Å². The van der Waals surface area contributed by atoms with Crippen LogP contribution < -0.4 is 4.74 Å². The molecule has 4 nitrogen and oxygen atoms in total. The van der Waals surface area contributed by atoms with Crippen molar-refractivity contribution in [3.05, 3.63) is 82.3 Å². The summed E-state index contributed by atoms with van der Waals surface area (Å²) in [5, 5.41) is 1.79. The summed E-state index contributed by atoms with van der Waals surface area (Å²) in [6, 6.07) is 19.7. The molecule has 0 spiro atoms. The van der Waals surface area contributed by atoms with Gasteiger partial charge in [-0.15, -0.1) is 0 Å². The summed E-state index contributed by atoms with van der Waals surface area (Å²) in [6.45, 7) is 6.21. The minimum absolute atomic E-state index is 0.00471. The van der Waals surface area contributed by atoms with Crippen LogP contribution in [-0.4, -0.2) is 22.2 Å². The molecule has 4 rings (SSSR count). The van der Waals surface area contributed by atoms with Gasteiger partial charge in [0.1, 0.15) is 5.75 Å². The van der Waals surface area contributed by atoms with Crippen molar-refractivity contribution in [2.45, 2.75) is 33.4 Å². The summed E-state index contributed by atoms with van der Waals surface area (Å²) in [7, 11) is 0. The van der Waals surface area contributed by atoms with E-state index in [0.29, 0.717) is 10.7 Å². The Bertz CT molecular complexity index is 1150. The number of imide groups is 1. The van der Waals surface area contributed by atoms with E-state index in [9.17, 15) is 9.59 Å². The molecule has 2 amide bonds. The number of rotatable bonds is 5. The second kappa shape index (κ2) is 8.36. The number of benzene rings is 3. The third-order valence-electron chi connectivity index (χ3n) is 4.90. The lowest BCUT2D eigenvalue weighted by Crippen LogP contribution is -2.27. The van der Waals surface area contributed by atoms with Gasteiger partial charge in [0, 0.05) is 5.56 Å². The molecule has 152 valence electrons. The zero-order valence-corrected chi connectivity index (χ0v) is 18.0. The Kier molecular flexibility index (Phi) is 5.64. The third-order valence-corrected chi connectivity index (χ3v) is 5.81. The molecule has 0 bridgehead atoms. The average Bonchev–Trinajstić information content (AvgIpc) is 2.98. The van der Waals surface area contributed by atoms with Crippen molar-refractivity contribution in [2.24, 2.45) is 0 Å². The second-order valence-corrected chi connectivity index (χ2v) is 8.61. The van der Waals surface area contributed by atoms with Gasteiger partial charge in [0.15, 0.2) is 0 Å². The molecule has 0 aromatic heterocycles. The maximum Gasteiger partial charge on any atom is 0.293 e. The number of carbonyl (C=O) groups is 2. The van der Waals surface area contributed by atoms with Crippen molar-refractivity contribution in [1.29, 1.82) is 0 Å². The Morgan fingerprint density at radius 2 is 1.73 bits per heavy atom. The van der Waals surface area contributed by atoms with Gasteiger partial charge in [-0.25, -0.2) is 0 Å². The van der Waals surface area contributed by atoms with Crippen LogP contribution in [0.15, 0.2) is 65.6 Å². The normalized spacial score (nSPS) is 15.6. The van der Waals surface area contributed by atoms with E-state index >= 15 is 0 Å². The molecular weight excluding hydrogens is 394 g/mol. The molecule has 1 fully saturated rings. The van der Waals surface area contributed by atoms with E-state index in [0.717, 1.165) is 39.2 Å². The average molecular weight is 418 g/mol. The highest BCUT2D eigenvalue weighted by atomic mass is 32.2. The van der Waals surface area contributed by atoms with Crippen LogP contribution in [0.1, 0.15) is 30.5 Å². The van der Waals surface area contributed by atoms with Gasteiger partial charge in [-0.3, -0.25) is 14.5 Å². The molecular formula is C25H23NO3S. The number of hydrogen-bond acceptors (Lipinski definition) is 4. The zero-order valence-electron chi connectivity index (χ0n) is 17.2. The van der Waals surface area contributed by atoms with E-state index in [2.05, 4.69) is 0 Å². The minimum atomic E-state index is -0.269. The largest absolute Gasteiger partial charge is 0.490 e. The Morgan fingerprint density at radius 3 is 2.47 bits per heavy atom. The molecule has 3 aromatic rings. The van der Waals surface area contributed by atoms with Gasteiger partial charge in [-0.2, -0.15) is 0 Å². The molecule has 0 unspecified atom stereocenters. The van der Waals surface area contributed by atoms with Crippen LogP contribution in [0.2, 0.25) is 0 Å². The highest BCUT2D eigenvalue weighted by Crippen LogP contribution is 2.37. The van der Waals surface area contributed by atoms with Gasteiger partial charge in [0.05, 0.1) is 17.6 Å². The van der Waals surface area contributed by atoms with E-state index in [1.165, 1.54) is 4.90 Å². The molecule has 0 radical (unpaired) electrons. The van der Waals surface area contributed by atoms with Crippen LogP contribution in [-0.2, 0) is 11.3 Å². The maximum absolute atomic E-state index is 13.0. The number of thioether (sulfide) groups is 1. The van der Waals surface area contributed by atoms with Crippen molar-refractivity contribution in [3.8, 4) is 5.75 Å². The number of amides is 2. The van der Waals surface area contributed by atoms with Gasteiger partial charge in [-0.05, 0) is 61.0 Å². The van der Waals surface area contributed by atoms with Gasteiger partial charge >= 0.3 is 0 Å². The van der Waals surface area contributed by atoms with Crippen molar-refractivity contribution < 1.29 is 14.3 Å². The fourth-order valence-electron chi connectivity index (χ4n) is 3.42. The Balaban J connectivity index is 1.71. The van der Waals surface area contributed by atoms with Gasteiger partial charge in [-0.1, -0.05) is 60.2 Å². The predicted molar refractivity (Wildman–Crippen MR) is 122 cm³/mol. The van der Waals surface area contributed by atoms with Crippen molar-refractivity contribution in [1.82, 2.24) is 4.90 Å². The van der Waals surface area contributed by atoms with E-state index in [1.807, 2.05) is 81.4 Å². The maximum atomic E-state index is 13.0. The third kappa shape index (κ3) is 4.12. The lowest BCUT2D eigenvalue weighted by Gasteiger charge is -2.15. The molecule has 1 aliphatic rings. The van der Waals surface area contributed by atoms with E-state index in [-0.39, 0.29) is 23.8 Å². The molecule has 0 saturated carbocycles. The Hall–Kier alpha value is -3.05. The summed E-state index contributed by atoms with van der Waals surface area (Å²) in [4.78, 5) is 27.3. The first-order valence-electron chi connectivity index (χ1n) is 9.91. The van der Waals surface area contributed by atoms with E-state index in [1.54, 1.807) is 6.08 Å². The molecule has 0 N–H and O–H groups in total. The molecule has 0 aliphatic carbocycles. The van der Waals surface area contributed by atoms with Crippen LogP contribution in [0.25, 0.3) is 16.8 Å². The van der Waals surface area contributed by atoms with E-state index < -0.39 is 0 Å². The summed E-state index contributed by atoms with van der Waals surface area (Å²) in [5.41, 5.74) is 2.89. The van der Waals surface area contributed by atoms with Gasteiger partial charge in [0.25, 0.3) is 11.1 Å². The van der Waals surface area contributed by atoms with Crippen molar-refractivity contribution in [2.75, 3.05) is 0 Å². The summed E-state index contributed by atoms with van der Waals surface area (Å²) in [6.07, 6.45) is 1.79. The van der Waals surface area contributed by atoms with Gasteiger partial charge in [0.2, 0.25) is 0 Å². The number of fused-ring (bicyclic) bond motifs is 1. The molecule has 3 aromatic carbocycles. The van der Waals surface area contributed by atoms with Crippen LogP contribution in [0, 0.1) is 6.92 Å². The van der Waals surface area contributed by atoms with Crippen LogP contribution in [0.3, 0.4) is 0 Å². The zero-order chi connectivity index (χ0) is 21.3. The lowest BCUT2D eigenvalue weighted by atomic mass is 10.0. The van der Waals surface area contributed by atoms with Crippen molar-refractivity contribution in [3.63, 3.8) is 0 Å². The summed E-state index contributed by atoms with van der Waals surface area (Å²) in [5.74, 6) is 0.433. The predicted octanol–water partition coefficient (Wildman–Crippen LogP) is 6.17. The molecule has 1 heterocycles. The van der Waals surface area contributed by atoms with Crippen molar-refractivity contribution >= 4 is 39.8 Å². The Morgan fingerprint density at radius 1 is 1.00 bits per heavy atom. The summed E-state index contributed by atoms with van der Waals surface area (Å²) < 4.78 is 6.00. The molecule has 0 atom stereocenters. The summed E-state index contributed by atoms with van der Waals surface area (Å²) >= 11 is 0.978. The standard InChI is InChI=1S/C25H23NO3S/c1-16(2)29-22-13-12-19-6-4-5-7-20(19)21(22)14-23-24(27)26(25(28)30-23)15-18-10-8-17(3)9-11-18/h4-14,16H,15H2,1-3H3/b23-14-. The minimum Gasteiger partial charge on any atom is -0.490 e. The highest BCUT2D eigenvalue weighted by Gasteiger charge is 2.35. The number of carbonyl (C=O) groups excluding carboxylic acids is 2. The number of hydrogen-bond donors (Lipinski definition) is 0. The quantitative estimate of drug-likeness (QED) is 0.466. The first kappa shape index (κ1) is 20.2. The first-order valence-corrected chi connectivity index (χ1v) is 10.7. The van der Waals surface area contributed by atoms with Crippen LogP contribution >= 0.6 is 11.8 Å². The van der Waals surface area contributed by atoms with E-state index in [4.69, 9.17) is 4.74 Å². The first-order chi connectivity index (χ1) is 14.4. The van der Waals surface area contributed by atoms with Gasteiger partial charge < -0.3 is 4.74 Å². The molecule has 1 aliphatic heterocycles. The fraction of sp³-hybridized carbons (Fsp3) is 0.200. The highest BCUT2D eigenvalue weighted by molar-refractivity contribution is 8.18.